The van der Waals surface area contributed by atoms with E-state index in [1.54, 1.807) is 25.1 Å². The standard InChI is InChI=1S/C18H20O3/c1-11(2)16-7-5-14(9-12(16)3)21-15-6-8-17(18(19)20)13(4)10-15/h5-11H,1-4H3,(H,19,20). The summed E-state index contributed by atoms with van der Waals surface area (Å²) in [5, 5.41) is 9.02. The van der Waals surface area contributed by atoms with E-state index in [0.29, 0.717) is 22.8 Å². The van der Waals surface area contributed by atoms with Crippen molar-refractivity contribution < 1.29 is 14.6 Å². The maximum Gasteiger partial charge on any atom is 0.335 e. The number of aromatic carboxylic acids is 1. The number of carboxylic acid groups (broad SMARTS) is 1. The van der Waals surface area contributed by atoms with Crippen molar-refractivity contribution in [2.75, 3.05) is 0 Å². The normalized spacial score (nSPS) is 10.7. The largest absolute Gasteiger partial charge is 0.478 e. The van der Waals surface area contributed by atoms with Crippen LogP contribution in [-0.4, -0.2) is 11.1 Å². The summed E-state index contributed by atoms with van der Waals surface area (Å²) >= 11 is 0. The van der Waals surface area contributed by atoms with Crippen molar-refractivity contribution in [3.8, 4) is 11.5 Å². The molecule has 0 unspecified atom stereocenters. The third-order valence-electron chi connectivity index (χ3n) is 3.53. The summed E-state index contributed by atoms with van der Waals surface area (Å²) in [5.41, 5.74) is 3.49. The van der Waals surface area contributed by atoms with E-state index < -0.39 is 5.97 Å². The number of hydrogen-bond donors (Lipinski definition) is 1. The first-order valence-electron chi connectivity index (χ1n) is 7.01. The maximum atomic E-state index is 11.0. The smallest absolute Gasteiger partial charge is 0.335 e. The zero-order valence-corrected chi connectivity index (χ0v) is 12.8. The second kappa shape index (κ2) is 6.00. The molecule has 2 aromatic carbocycles. The van der Waals surface area contributed by atoms with Gasteiger partial charge in [-0.05, 0) is 66.8 Å². The molecule has 0 aromatic heterocycles. The third kappa shape index (κ3) is 3.43. The summed E-state index contributed by atoms with van der Waals surface area (Å²) < 4.78 is 5.82. The fourth-order valence-electron chi connectivity index (χ4n) is 2.44. The molecule has 3 heteroatoms. The summed E-state index contributed by atoms with van der Waals surface area (Å²) in [5.74, 6) is 0.973. The molecular weight excluding hydrogens is 264 g/mol. The molecule has 3 nitrogen and oxygen atoms in total. The van der Waals surface area contributed by atoms with E-state index in [1.807, 2.05) is 12.1 Å². The number of carboxylic acids is 1. The van der Waals surface area contributed by atoms with Gasteiger partial charge in [0, 0.05) is 0 Å². The van der Waals surface area contributed by atoms with Gasteiger partial charge in [-0.1, -0.05) is 19.9 Å². The number of rotatable bonds is 4. The van der Waals surface area contributed by atoms with Crippen LogP contribution in [0.2, 0.25) is 0 Å². The zero-order valence-electron chi connectivity index (χ0n) is 12.8. The van der Waals surface area contributed by atoms with Gasteiger partial charge >= 0.3 is 5.97 Å². The highest BCUT2D eigenvalue weighted by atomic mass is 16.5. The first-order valence-corrected chi connectivity index (χ1v) is 7.01. The molecule has 1 N–H and O–H groups in total. The molecule has 0 aliphatic rings. The summed E-state index contributed by atoms with van der Waals surface area (Å²) in [7, 11) is 0. The number of carbonyl (C=O) groups is 1. The Bertz CT molecular complexity index is 672. The molecule has 0 fully saturated rings. The van der Waals surface area contributed by atoms with Gasteiger partial charge < -0.3 is 9.84 Å². The lowest BCUT2D eigenvalue weighted by molar-refractivity contribution is 0.0696. The number of ether oxygens (including phenoxy) is 1. The van der Waals surface area contributed by atoms with Crippen LogP contribution in [0.15, 0.2) is 36.4 Å². The lowest BCUT2D eigenvalue weighted by Gasteiger charge is -2.13. The lowest BCUT2D eigenvalue weighted by atomic mass is 9.98. The fourth-order valence-corrected chi connectivity index (χ4v) is 2.44. The Labute approximate surface area is 125 Å². The Hall–Kier alpha value is -2.29. The Morgan fingerprint density at radius 2 is 1.57 bits per heavy atom. The first-order chi connectivity index (χ1) is 9.88. The van der Waals surface area contributed by atoms with Crippen LogP contribution in [0.3, 0.4) is 0 Å². The molecule has 0 aliphatic carbocycles. The van der Waals surface area contributed by atoms with Crippen LogP contribution in [0.1, 0.15) is 46.8 Å². The lowest BCUT2D eigenvalue weighted by Crippen LogP contribution is -1.99. The Morgan fingerprint density at radius 3 is 2.05 bits per heavy atom. The average Bonchev–Trinajstić information content (AvgIpc) is 2.37. The van der Waals surface area contributed by atoms with Gasteiger partial charge in [0.2, 0.25) is 0 Å². The van der Waals surface area contributed by atoms with E-state index in [9.17, 15) is 4.79 Å². The minimum absolute atomic E-state index is 0.300. The number of aryl methyl sites for hydroxylation is 2. The molecule has 2 rings (SSSR count). The van der Waals surface area contributed by atoms with Crippen LogP contribution in [0.25, 0.3) is 0 Å². The van der Waals surface area contributed by atoms with Crippen molar-refractivity contribution in [3.05, 3.63) is 58.7 Å². The summed E-state index contributed by atoms with van der Waals surface area (Å²) in [4.78, 5) is 11.0. The highest BCUT2D eigenvalue weighted by Gasteiger charge is 2.09. The molecule has 0 amide bonds. The number of benzene rings is 2. The quantitative estimate of drug-likeness (QED) is 0.867. The molecule has 0 radical (unpaired) electrons. The first kappa shape index (κ1) is 15.1. The van der Waals surface area contributed by atoms with E-state index >= 15 is 0 Å². The predicted octanol–water partition coefficient (Wildman–Crippen LogP) is 4.92. The SMILES string of the molecule is Cc1cc(Oc2ccc(C(C)C)c(C)c2)ccc1C(=O)O. The highest BCUT2D eigenvalue weighted by molar-refractivity contribution is 5.89. The molecule has 21 heavy (non-hydrogen) atoms. The van der Waals surface area contributed by atoms with Gasteiger partial charge in [-0.2, -0.15) is 0 Å². The van der Waals surface area contributed by atoms with Gasteiger partial charge in [0.25, 0.3) is 0 Å². The van der Waals surface area contributed by atoms with Gasteiger partial charge in [-0.25, -0.2) is 4.79 Å². The third-order valence-corrected chi connectivity index (χ3v) is 3.53. The van der Waals surface area contributed by atoms with Crippen LogP contribution in [0.5, 0.6) is 11.5 Å². The molecule has 0 heterocycles. The second-order valence-electron chi connectivity index (χ2n) is 5.56. The van der Waals surface area contributed by atoms with Crippen LogP contribution in [0.4, 0.5) is 0 Å². The van der Waals surface area contributed by atoms with E-state index in [-0.39, 0.29) is 0 Å². The van der Waals surface area contributed by atoms with Gasteiger partial charge in [0.1, 0.15) is 11.5 Å². The summed E-state index contributed by atoms with van der Waals surface area (Å²) in [6, 6.07) is 11.0. The van der Waals surface area contributed by atoms with Crippen molar-refractivity contribution in [3.63, 3.8) is 0 Å². The van der Waals surface area contributed by atoms with Crippen LogP contribution < -0.4 is 4.74 Å². The second-order valence-corrected chi connectivity index (χ2v) is 5.56. The molecule has 0 bridgehead atoms. The topological polar surface area (TPSA) is 46.5 Å². The van der Waals surface area contributed by atoms with Crippen molar-refractivity contribution in [1.82, 2.24) is 0 Å². The van der Waals surface area contributed by atoms with E-state index in [4.69, 9.17) is 9.84 Å². The molecule has 0 aliphatic heterocycles. The Kier molecular flexibility index (Phi) is 4.32. The predicted molar refractivity (Wildman–Crippen MR) is 83.5 cm³/mol. The molecule has 2 aromatic rings. The summed E-state index contributed by atoms with van der Waals surface area (Å²) in [6.07, 6.45) is 0. The molecule has 0 saturated carbocycles. The van der Waals surface area contributed by atoms with Crippen LogP contribution in [-0.2, 0) is 0 Å². The van der Waals surface area contributed by atoms with E-state index in [0.717, 1.165) is 5.75 Å². The van der Waals surface area contributed by atoms with Crippen LogP contribution >= 0.6 is 0 Å². The molecule has 0 atom stereocenters. The Balaban J connectivity index is 2.24. The molecular formula is C18H20O3. The van der Waals surface area contributed by atoms with E-state index in [2.05, 4.69) is 26.8 Å². The minimum Gasteiger partial charge on any atom is -0.478 e. The Morgan fingerprint density at radius 1 is 1.00 bits per heavy atom. The highest BCUT2D eigenvalue weighted by Crippen LogP contribution is 2.28. The monoisotopic (exact) mass is 284 g/mol. The maximum absolute atomic E-state index is 11.0. The zero-order chi connectivity index (χ0) is 15.6. The minimum atomic E-state index is -0.920. The van der Waals surface area contributed by atoms with Gasteiger partial charge in [-0.3, -0.25) is 0 Å². The van der Waals surface area contributed by atoms with Crippen LogP contribution in [0, 0.1) is 13.8 Å². The average molecular weight is 284 g/mol. The van der Waals surface area contributed by atoms with Crippen molar-refractivity contribution >= 4 is 5.97 Å². The van der Waals surface area contributed by atoms with Gasteiger partial charge in [0.05, 0.1) is 5.56 Å². The molecule has 0 spiro atoms. The van der Waals surface area contributed by atoms with Crippen molar-refractivity contribution in [2.45, 2.75) is 33.6 Å². The van der Waals surface area contributed by atoms with Gasteiger partial charge in [0.15, 0.2) is 0 Å². The summed E-state index contributed by atoms with van der Waals surface area (Å²) in [6.45, 7) is 8.16. The van der Waals surface area contributed by atoms with E-state index in [1.165, 1.54) is 11.1 Å². The van der Waals surface area contributed by atoms with Gasteiger partial charge in [-0.15, -0.1) is 0 Å². The molecule has 0 saturated heterocycles. The van der Waals surface area contributed by atoms with Crippen molar-refractivity contribution in [1.29, 1.82) is 0 Å². The number of hydrogen-bond acceptors (Lipinski definition) is 2. The fraction of sp³-hybridized carbons (Fsp3) is 0.278. The molecule has 110 valence electrons. The van der Waals surface area contributed by atoms with Crippen molar-refractivity contribution in [2.24, 2.45) is 0 Å².